The van der Waals surface area contributed by atoms with Crippen LogP contribution in [-0.2, 0) is 16.0 Å². The smallest absolute Gasteiger partial charge is 0.123 e. The van der Waals surface area contributed by atoms with Crippen molar-refractivity contribution in [2.24, 2.45) is 0 Å². The van der Waals surface area contributed by atoms with Gasteiger partial charge in [0.15, 0.2) is 0 Å². The summed E-state index contributed by atoms with van der Waals surface area (Å²) in [5.74, 6) is 0.916. The van der Waals surface area contributed by atoms with Crippen molar-refractivity contribution in [3.05, 3.63) is 29.8 Å². The summed E-state index contributed by atoms with van der Waals surface area (Å²) in [4.78, 5) is 0. The van der Waals surface area contributed by atoms with E-state index in [1.807, 2.05) is 18.2 Å². The molecule has 114 valence electrons. The van der Waals surface area contributed by atoms with Crippen LogP contribution in [0.1, 0.15) is 26.3 Å². The molecule has 0 saturated carbocycles. The Hall–Kier alpha value is -1.10. The summed E-state index contributed by atoms with van der Waals surface area (Å²) < 4.78 is 16.1. The number of nitrogens with one attached hydrogen (secondary N) is 1. The van der Waals surface area contributed by atoms with E-state index in [9.17, 15) is 0 Å². The fourth-order valence-corrected chi connectivity index (χ4v) is 1.61. The van der Waals surface area contributed by atoms with E-state index >= 15 is 0 Å². The highest BCUT2D eigenvalue weighted by Gasteiger charge is 2.10. The molecule has 0 fully saturated rings. The van der Waals surface area contributed by atoms with Crippen molar-refractivity contribution in [3.8, 4) is 5.75 Å². The average molecular weight is 281 g/mol. The summed E-state index contributed by atoms with van der Waals surface area (Å²) in [6.07, 6.45) is 0. The van der Waals surface area contributed by atoms with E-state index in [4.69, 9.17) is 14.2 Å². The summed E-state index contributed by atoms with van der Waals surface area (Å²) in [7, 11) is 1.67. The molecule has 4 nitrogen and oxygen atoms in total. The van der Waals surface area contributed by atoms with Crippen LogP contribution in [0.3, 0.4) is 0 Å². The third-order valence-corrected chi connectivity index (χ3v) is 2.70. The molecule has 0 unspecified atom stereocenters. The van der Waals surface area contributed by atoms with Crippen LogP contribution in [0.2, 0.25) is 0 Å². The van der Waals surface area contributed by atoms with Crippen LogP contribution in [0, 0.1) is 0 Å². The van der Waals surface area contributed by atoms with E-state index in [0.717, 1.165) is 12.3 Å². The molecule has 0 atom stereocenters. The Morgan fingerprint density at radius 1 is 1.00 bits per heavy atom. The standard InChI is InChI=1S/C16H27NO3/c1-16(2,3)17-13-14-7-5-6-8-15(14)20-12-11-19-10-9-18-4/h5-8,17H,9-13H2,1-4H3. The molecule has 0 spiro atoms. The highest BCUT2D eigenvalue weighted by atomic mass is 16.5. The Balaban J connectivity index is 2.37. The minimum Gasteiger partial charge on any atom is -0.491 e. The van der Waals surface area contributed by atoms with E-state index in [1.165, 1.54) is 5.56 Å². The summed E-state index contributed by atoms with van der Waals surface area (Å²) in [5.41, 5.74) is 1.26. The van der Waals surface area contributed by atoms with Gasteiger partial charge in [0.1, 0.15) is 12.4 Å². The number of ether oxygens (including phenoxy) is 3. The van der Waals surface area contributed by atoms with E-state index in [1.54, 1.807) is 7.11 Å². The molecule has 0 saturated heterocycles. The zero-order valence-corrected chi connectivity index (χ0v) is 13.1. The quantitative estimate of drug-likeness (QED) is 0.706. The van der Waals surface area contributed by atoms with Crippen molar-refractivity contribution in [1.29, 1.82) is 0 Å². The molecule has 20 heavy (non-hydrogen) atoms. The fourth-order valence-electron chi connectivity index (χ4n) is 1.61. The van der Waals surface area contributed by atoms with Gasteiger partial charge in [0, 0.05) is 24.8 Å². The number of methoxy groups -OCH3 is 1. The topological polar surface area (TPSA) is 39.7 Å². The highest BCUT2D eigenvalue weighted by Crippen LogP contribution is 2.18. The Morgan fingerprint density at radius 3 is 2.40 bits per heavy atom. The Kier molecular flexibility index (Phi) is 7.59. The largest absolute Gasteiger partial charge is 0.491 e. The van der Waals surface area contributed by atoms with Gasteiger partial charge in [0.2, 0.25) is 0 Å². The lowest BCUT2D eigenvalue weighted by molar-refractivity contribution is 0.0542. The Labute approximate surface area is 122 Å². The van der Waals surface area contributed by atoms with E-state index in [0.29, 0.717) is 26.4 Å². The number of rotatable bonds is 9. The van der Waals surface area contributed by atoms with Gasteiger partial charge in [-0.15, -0.1) is 0 Å². The lowest BCUT2D eigenvalue weighted by Crippen LogP contribution is -2.35. The lowest BCUT2D eigenvalue weighted by atomic mass is 10.1. The number of para-hydroxylation sites is 1. The maximum absolute atomic E-state index is 5.78. The first-order valence-corrected chi connectivity index (χ1v) is 7.05. The first-order chi connectivity index (χ1) is 9.53. The number of hydrogen-bond donors (Lipinski definition) is 1. The molecular formula is C16H27NO3. The molecule has 1 N–H and O–H groups in total. The molecule has 1 aromatic rings. The van der Waals surface area contributed by atoms with Crippen molar-refractivity contribution in [2.75, 3.05) is 33.5 Å². The second-order valence-corrected chi connectivity index (χ2v) is 5.66. The average Bonchev–Trinajstić information content (AvgIpc) is 2.40. The second kappa shape index (κ2) is 8.95. The predicted molar refractivity (Wildman–Crippen MR) is 81.2 cm³/mol. The second-order valence-electron chi connectivity index (χ2n) is 5.66. The first kappa shape index (κ1) is 17.0. The molecule has 0 aromatic heterocycles. The molecule has 1 aromatic carbocycles. The summed E-state index contributed by atoms with van der Waals surface area (Å²) in [6.45, 7) is 9.60. The van der Waals surface area contributed by atoms with Gasteiger partial charge in [-0.2, -0.15) is 0 Å². The monoisotopic (exact) mass is 281 g/mol. The summed E-state index contributed by atoms with van der Waals surface area (Å²) in [6, 6.07) is 8.10. The van der Waals surface area contributed by atoms with Crippen LogP contribution in [0.25, 0.3) is 0 Å². The van der Waals surface area contributed by atoms with Crippen LogP contribution < -0.4 is 10.1 Å². The molecule has 0 radical (unpaired) electrons. The molecule has 0 bridgehead atoms. The molecule has 0 aliphatic rings. The molecule has 0 heterocycles. The van der Waals surface area contributed by atoms with Crippen LogP contribution in [0.5, 0.6) is 5.75 Å². The number of benzene rings is 1. The molecular weight excluding hydrogens is 254 g/mol. The maximum atomic E-state index is 5.78. The van der Waals surface area contributed by atoms with Gasteiger partial charge in [-0.1, -0.05) is 18.2 Å². The van der Waals surface area contributed by atoms with Crippen molar-refractivity contribution >= 4 is 0 Å². The van der Waals surface area contributed by atoms with Gasteiger partial charge in [0.25, 0.3) is 0 Å². The first-order valence-electron chi connectivity index (χ1n) is 7.05. The van der Waals surface area contributed by atoms with Crippen molar-refractivity contribution in [3.63, 3.8) is 0 Å². The van der Waals surface area contributed by atoms with Crippen LogP contribution in [-0.4, -0.2) is 39.1 Å². The zero-order chi connectivity index (χ0) is 14.8. The predicted octanol–water partition coefficient (Wildman–Crippen LogP) is 2.62. The third-order valence-electron chi connectivity index (χ3n) is 2.70. The minimum absolute atomic E-state index is 0.0936. The lowest BCUT2D eigenvalue weighted by Gasteiger charge is -2.21. The number of hydrogen-bond acceptors (Lipinski definition) is 4. The van der Waals surface area contributed by atoms with Crippen molar-refractivity contribution < 1.29 is 14.2 Å². The maximum Gasteiger partial charge on any atom is 0.123 e. The van der Waals surface area contributed by atoms with Crippen molar-refractivity contribution in [1.82, 2.24) is 5.32 Å². The normalized spacial score (nSPS) is 11.6. The van der Waals surface area contributed by atoms with Crippen LogP contribution in [0.4, 0.5) is 0 Å². The van der Waals surface area contributed by atoms with Gasteiger partial charge in [-0.05, 0) is 26.8 Å². The molecule has 1 rings (SSSR count). The van der Waals surface area contributed by atoms with Crippen LogP contribution in [0.15, 0.2) is 24.3 Å². The van der Waals surface area contributed by atoms with Gasteiger partial charge in [-0.25, -0.2) is 0 Å². The summed E-state index contributed by atoms with van der Waals surface area (Å²) >= 11 is 0. The molecule has 0 aliphatic heterocycles. The van der Waals surface area contributed by atoms with Crippen LogP contribution >= 0.6 is 0 Å². The van der Waals surface area contributed by atoms with Gasteiger partial charge < -0.3 is 19.5 Å². The van der Waals surface area contributed by atoms with Gasteiger partial charge in [-0.3, -0.25) is 0 Å². The SMILES string of the molecule is COCCOCCOc1ccccc1CNC(C)(C)C. The van der Waals surface area contributed by atoms with E-state index in [2.05, 4.69) is 32.2 Å². The zero-order valence-electron chi connectivity index (χ0n) is 13.1. The fraction of sp³-hybridized carbons (Fsp3) is 0.625. The van der Waals surface area contributed by atoms with Crippen molar-refractivity contribution in [2.45, 2.75) is 32.9 Å². The summed E-state index contributed by atoms with van der Waals surface area (Å²) in [5, 5.41) is 3.47. The minimum atomic E-state index is 0.0936. The molecule has 0 amide bonds. The Morgan fingerprint density at radius 2 is 1.70 bits per heavy atom. The molecule has 0 aliphatic carbocycles. The molecule has 4 heteroatoms. The van der Waals surface area contributed by atoms with Gasteiger partial charge in [0.05, 0.1) is 19.8 Å². The highest BCUT2D eigenvalue weighted by molar-refractivity contribution is 5.33. The van der Waals surface area contributed by atoms with E-state index in [-0.39, 0.29) is 5.54 Å². The third kappa shape index (κ3) is 7.48. The van der Waals surface area contributed by atoms with Gasteiger partial charge >= 0.3 is 0 Å². The Bertz CT molecular complexity index is 374. The van der Waals surface area contributed by atoms with E-state index < -0.39 is 0 Å².